The quantitative estimate of drug-likeness (QED) is 0.173. The van der Waals surface area contributed by atoms with Crippen LogP contribution >= 0.6 is 15.9 Å². The molecule has 0 radical (unpaired) electrons. The van der Waals surface area contributed by atoms with E-state index in [-0.39, 0.29) is 47.4 Å². The Labute approximate surface area is 309 Å². The number of amides is 5. The van der Waals surface area contributed by atoms with Crippen molar-refractivity contribution in [1.82, 2.24) is 30.2 Å². The summed E-state index contributed by atoms with van der Waals surface area (Å²) in [5.74, 6) is -1.81. The fraction of sp³-hybridized carbons (Fsp3) is 0.432. The fourth-order valence-corrected chi connectivity index (χ4v) is 7.55. The van der Waals surface area contributed by atoms with Crippen LogP contribution in [0.4, 0.5) is 5.69 Å². The molecule has 3 aliphatic rings. The van der Waals surface area contributed by atoms with E-state index >= 15 is 0 Å². The Balaban J connectivity index is 0.909. The van der Waals surface area contributed by atoms with Crippen LogP contribution < -0.4 is 26.2 Å². The normalized spacial score (nSPS) is 20.4. The second-order valence-electron chi connectivity index (χ2n) is 13.6. The summed E-state index contributed by atoms with van der Waals surface area (Å²) in [7, 11) is 3.69. The summed E-state index contributed by atoms with van der Waals surface area (Å²) in [6.07, 6.45) is 5.89. The van der Waals surface area contributed by atoms with Crippen molar-refractivity contribution in [3.05, 3.63) is 85.7 Å². The second kappa shape index (κ2) is 16.2. The van der Waals surface area contributed by atoms with Crippen LogP contribution in [0.3, 0.4) is 0 Å². The molecular weight excluding hydrogens is 734 g/mol. The maximum atomic E-state index is 13.2. The van der Waals surface area contributed by atoms with Gasteiger partial charge in [-0.05, 0) is 84.4 Å². The number of nitrogens with one attached hydrogen (secondary N) is 3. The molecule has 0 saturated carbocycles. The number of aryl methyl sites for hydroxylation is 1. The largest absolute Gasteiger partial charge is 0.493 e. The van der Waals surface area contributed by atoms with Gasteiger partial charge in [0.05, 0.1) is 29.6 Å². The van der Waals surface area contributed by atoms with Gasteiger partial charge in [0.25, 0.3) is 23.3 Å². The molecule has 52 heavy (non-hydrogen) atoms. The lowest BCUT2D eigenvalue weighted by atomic mass is 9.87. The average molecular weight is 777 g/mol. The van der Waals surface area contributed by atoms with Gasteiger partial charge < -0.3 is 20.3 Å². The molecule has 2 aromatic carbocycles. The molecule has 3 atom stereocenters. The highest BCUT2D eigenvalue weighted by Gasteiger charge is 2.46. The van der Waals surface area contributed by atoms with E-state index in [1.165, 1.54) is 10.7 Å². The first-order valence-electron chi connectivity index (χ1n) is 17.5. The minimum atomic E-state index is -1.03. The Morgan fingerprint density at radius 2 is 1.75 bits per heavy atom. The number of hydrogen-bond donors (Lipinski definition) is 3. The number of carbonyl (C=O) groups excluding carboxylic acids is 5. The molecule has 15 heteroatoms. The van der Waals surface area contributed by atoms with Crippen molar-refractivity contribution in [1.29, 1.82) is 0 Å². The standard InChI is InChI=1S/C37H42BrN7O7/c1-43-20-24(18-25(21-43)41-27-19-40-44(2)37(51)32(27)38)22-10-12-23(13-11-22)33(47)39-16-5-3-4-6-17-52-29-9-7-8-26-31(29)36(50)45(35(26)49)28-14-15-30(46)42-34(28)48/h7-13,19,24-25,28,41H,3-6,14-18,20-21H2,1-2H3,(H,39,47)(H,42,46,48)/t24-,25+,28?/m1/s1. The van der Waals surface area contributed by atoms with Gasteiger partial charge in [-0.15, -0.1) is 0 Å². The van der Waals surface area contributed by atoms with Crippen molar-refractivity contribution in [2.75, 3.05) is 38.6 Å². The number of anilines is 1. The minimum Gasteiger partial charge on any atom is -0.493 e. The topological polar surface area (TPSA) is 172 Å². The van der Waals surface area contributed by atoms with Gasteiger partial charge in [-0.25, -0.2) is 4.68 Å². The molecule has 1 aromatic heterocycles. The second-order valence-corrected chi connectivity index (χ2v) is 14.4. The molecule has 14 nitrogen and oxygen atoms in total. The van der Waals surface area contributed by atoms with Gasteiger partial charge in [0.2, 0.25) is 11.8 Å². The number of ether oxygens (including phenoxy) is 1. The lowest BCUT2D eigenvalue weighted by Crippen LogP contribution is -2.54. The zero-order valence-electron chi connectivity index (χ0n) is 29.2. The van der Waals surface area contributed by atoms with Gasteiger partial charge in [-0.3, -0.25) is 39.0 Å². The number of aromatic nitrogens is 2. The van der Waals surface area contributed by atoms with Gasteiger partial charge >= 0.3 is 0 Å². The van der Waals surface area contributed by atoms with Crippen LogP contribution in [0.25, 0.3) is 0 Å². The first-order chi connectivity index (χ1) is 25.0. The number of likely N-dealkylation sites (tertiary alicyclic amines) is 1. The number of nitrogens with zero attached hydrogens (tertiary/aromatic N) is 4. The summed E-state index contributed by atoms with van der Waals surface area (Å²) < 4.78 is 7.66. The van der Waals surface area contributed by atoms with Gasteiger partial charge in [-0.1, -0.05) is 31.0 Å². The zero-order chi connectivity index (χ0) is 36.9. The Hall–Kier alpha value is -4.89. The summed E-state index contributed by atoms with van der Waals surface area (Å²) in [6.45, 7) is 2.59. The molecule has 5 amide bonds. The highest BCUT2D eigenvalue weighted by atomic mass is 79.9. The van der Waals surface area contributed by atoms with Crippen LogP contribution in [0.15, 0.2) is 57.9 Å². The van der Waals surface area contributed by atoms with Crippen molar-refractivity contribution >= 4 is 51.2 Å². The number of fused-ring (bicyclic) bond motifs is 1. The third kappa shape index (κ3) is 8.10. The van der Waals surface area contributed by atoms with Gasteiger partial charge in [0, 0.05) is 44.7 Å². The number of likely N-dealkylation sites (N-methyl/N-ethyl adjacent to an activating group) is 1. The third-order valence-electron chi connectivity index (χ3n) is 9.76. The number of imide groups is 2. The van der Waals surface area contributed by atoms with Crippen molar-refractivity contribution in [3.8, 4) is 5.75 Å². The summed E-state index contributed by atoms with van der Waals surface area (Å²) >= 11 is 3.40. The van der Waals surface area contributed by atoms with Crippen LogP contribution in [0, 0.1) is 0 Å². The molecule has 4 heterocycles. The monoisotopic (exact) mass is 775 g/mol. The first-order valence-corrected chi connectivity index (χ1v) is 18.3. The number of unbranched alkanes of at least 4 members (excludes halogenated alkanes) is 3. The minimum absolute atomic E-state index is 0.0570. The van der Waals surface area contributed by atoms with E-state index < -0.39 is 29.7 Å². The summed E-state index contributed by atoms with van der Waals surface area (Å²) in [5.41, 5.74) is 2.57. The van der Waals surface area contributed by atoms with Gasteiger partial charge in [-0.2, -0.15) is 5.10 Å². The lowest BCUT2D eigenvalue weighted by molar-refractivity contribution is -0.136. The molecule has 274 valence electrons. The van der Waals surface area contributed by atoms with Crippen molar-refractivity contribution in [2.45, 2.75) is 62.9 Å². The Morgan fingerprint density at radius 3 is 2.52 bits per heavy atom. The molecule has 0 bridgehead atoms. The molecule has 0 aliphatic carbocycles. The molecule has 3 N–H and O–H groups in total. The fourth-order valence-electron chi connectivity index (χ4n) is 7.07. The van der Waals surface area contributed by atoms with Gasteiger partial charge in [0.15, 0.2) is 0 Å². The number of benzene rings is 2. The van der Waals surface area contributed by atoms with E-state index in [4.69, 9.17) is 4.74 Å². The summed E-state index contributed by atoms with van der Waals surface area (Å²) in [5, 5.41) is 12.8. The van der Waals surface area contributed by atoms with E-state index in [0.717, 1.165) is 49.2 Å². The molecule has 3 aromatic rings. The van der Waals surface area contributed by atoms with Gasteiger partial charge in [0.1, 0.15) is 16.3 Å². The zero-order valence-corrected chi connectivity index (χ0v) is 30.7. The number of piperidine rings is 2. The smallest absolute Gasteiger partial charge is 0.282 e. The van der Waals surface area contributed by atoms with Crippen LogP contribution in [0.2, 0.25) is 0 Å². The van der Waals surface area contributed by atoms with Crippen molar-refractivity contribution in [2.24, 2.45) is 7.05 Å². The molecule has 1 unspecified atom stereocenters. The first kappa shape index (κ1) is 36.9. The average Bonchev–Trinajstić information content (AvgIpc) is 3.38. The molecular formula is C37H42BrN7O7. The van der Waals surface area contributed by atoms with Crippen molar-refractivity contribution in [3.63, 3.8) is 0 Å². The van der Waals surface area contributed by atoms with E-state index in [1.54, 1.807) is 25.4 Å². The predicted molar refractivity (Wildman–Crippen MR) is 195 cm³/mol. The molecule has 3 aliphatic heterocycles. The number of rotatable bonds is 13. The maximum absolute atomic E-state index is 13.2. The summed E-state index contributed by atoms with van der Waals surface area (Å²) in [6, 6.07) is 11.7. The van der Waals surface area contributed by atoms with E-state index in [9.17, 15) is 28.8 Å². The Bertz CT molecular complexity index is 1930. The molecule has 2 saturated heterocycles. The molecule has 6 rings (SSSR count). The molecule has 2 fully saturated rings. The number of halogens is 1. The Kier molecular flexibility index (Phi) is 11.5. The predicted octanol–water partition coefficient (Wildman–Crippen LogP) is 3.21. The van der Waals surface area contributed by atoms with Crippen LogP contribution in [0.1, 0.15) is 87.5 Å². The highest BCUT2D eigenvalue weighted by molar-refractivity contribution is 9.10. The summed E-state index contributed by atoms with van der Waals surface area (Å²) in [4.78, 5) is 78.5. The van der Waals surface area contributed by atoms with Crippen LogP contribution in [-0.2, 0) is 16.6 Å². The SMILES string of the molecule is CN1C[C@@H](Nc2cnn(C)c(=O)c2Br)C[C@@H](c2ccc(C(=O)NCCCCCCOc3cccc4c3C(=O)N(C3CCC(=O)NC3=O)C4=O)cc2)C1. The van der Waals surface area contributed by atoms with E-state index in [0.29, 0.717) is 41.0 Å². The number of carbonyl (C=O) groups is 5. The van der Waals surface area contributed by atoms with Crippen LogP contribution in [-0.4, -0.2) is 94.5 Å². The number of hydrogen-bond acceptors (Lipinski definition) is 10. The van der Waals surface area contributed by atoms with E-state index in [2.05, 4.69) is 48.9 Å². The van der Waals surface area contributed by atoms with E-state index in [1.807, 2.05) is 24.3 Å². The van der Waals surface area contributed by atoms with Crippen molar-refractivity contribution < 1.29 is 28.7 Å². The third-order valence-corrected chi connectivity index (χ3v) is 10.5. The molecule has 0 spiro atoms. The maximum Gasteiger partial charge on any atom is 0.282 e. The highest BCUT2D eigenvalue weighted by Crippen LogP contribution is 2.34. The Morgan fingerprint density at radius 1 is 0.981 bits per heavy atom. The van der Waals surface area contributed by atoms with Crippen LogP contribution in [0.5, 0.6) is 5.75 Å². The lowest BCUT2D eigenvalue weighted by Gasteiger charge is -2.37.